The summed E-state index contributed by atoms with van der Waals surface area (Å²) in [4.78, 5) is 0. The molecule has 0 aliphatic heterocycles. The lowest BCUT2D eigenvalue weighted by Gasteiger charge is -2.21. The van der Waals surface area contributed by atoms with Crippen molar-refractivity contribution in [2.75, 3.05) is 6.61 Å². The van der Waals surface area contributed by atoms with Crippen LogP contribution in [0, 0.1) is 17.8 Å². The van der Waals surface area contributed by atoms with E-state index in [1.165, 1.54) is 44.9 Å². The lowest BCUT2D eigenvalue weighted by Crippen LogP contribution is -2.09. The van der Waals surface area contributed by atoms with Crippen LogP contribution in [0.1, 0.15) is 77.0 Å². The molecule has 2 aliphatic rings. The van der Waals surface area contributed by atoms with Gasteiger partial charge in [0.25, 0.3) is 0 Å². The van der Waals surface area contributed by atoms with Crippen molar-refractivity contribution < 1.29 is 5.11 Å². The maximum Gasteiger partial charge on any atom is 0.0431 e. The van der Waals surface area contributed by atoms with Crippen LogP contribution in [-0.2, 0) is 0 Å². The highest BCUT2D eigenvalue weighted by atomic mass is 16.2. The number of hydrogen-bond acceptors (Lipinski definition) is 1. The Morgan fingerprint density at radius 1 is 0.765 bits per heavy atom. The molecule has 0 spiro atoms. The average molecular weight is 238 g/mol. The van der Waals surface area contributed by atoms with Crippen molar-refractivity contribution >= 4 is 0 Å². The molecule has 2 saturated carbocycles. The molecule has 2 fully saturated rings. The van der Waals surface area contributed by atoms with Gasteiger partial charge in [-0.15, -0.1) is 0 Å². The van der Waals surface area contributed by atoms with Gasteiger partial charge in [0, 0.05) is 6.61 Å². The smallest absolute Gasteiger partial charge is 0.0431 e. The molecule has 100 valence electrons. The van der Waals surface area contributed by atoms with Crippen molar-refractivity contribution in [3.8, 4) is 0 Å². The van der Waals surface area contributed by atoms with E-state index >= 15 is 0 Å². The van der Waals surface area contributed by atoms with Crippen molar-refractivity contribution in [3.63, 3.8) is 0 Å². The van der Waals surface area contributed by atoms with Gasteiger partial charge in [0.2, 0.25) is 0 Å². The summed E-state index contributed by atoms with van der Waals surface area (Å²) < 4.78 is 0. The summed E-state index contributed by atoms with van der Waals surface area (Å²) in [6.07, 6.45) is 17.1. The van der Waals surface area contributed by atoms with Crippen molar-refractivity contribution in [2.45, 2.75) is 77.0 Å². The highest BCUT2D eigenvalue weighted by molar-refractivity contribution is 4.89. The minimum atomic E-state index is 0.379. The molecule has 17 heavy (non-hydrogen) atoms. The van der Waals surface area contributed by atoms with E-state index in [2.05, 4.69) is 0 Å². The van der Waals surface area contributed by atoms with Crippen molar-refractivity contribution in [1.29, 1.82) is 0 Å². The standard InChI is InChI=1S/C16H30O/c17-11-7-5-3-1-2-4-6-8-15-12-14-9-10-16(15)13-14/h14-17H,1-13H2. The van der Waals surface area contributed by atoms with Gasteiger partial charge in [-0.05, 0) is 43.4 Å². The van der Waals surface area contributed by atoms with E-state index in [4.69, 9.17) is 5.11 Å². The minimum absolute atomic E-state index is 0.379. The van der Waals surface area contributed by atoms with E-state index in [0.717, 1.165) is 24.2 Å². The van der Waals surface area contributed by atoms with Crippen molar-refractivity contribution in [1.82, 2.24) is 0 Å². The Labute approximate surface area is 107 Å². The third-order valence-corrected chi connectivity index (χ3v) is 5.12. The monoisotopic (exact) mass is 238 g/mol. The summed E-state index contributed by atoms with van der Waals surface area (Å²) in [5.41, 5.74) is 0. The minimum Gasteiger partial charge on any atom is -0.396 e. The van der Waals surface area contributed by atoms with Crippen LogP contribution in [0.15, 0.2) is 0 Å². The van der Waals surface area contributed by atoms with Crippen LogP contribution in [-0.4, -0.2) is 11.7 Å². The topological polar surface area (TPSA) is 20.2 Å². The van der Waals surface area contributed by atoms with Gasteiger partial charge in [0.05, 0.1) is 0 Å². The molecule has 0 saturated heterocycles. The van der Waals surface area contributed by atoms with Gasteiger partial charge < -0.3 is 5.11 Å². The quantitative estimate of drug-likeness (QED) is 0.585. The molecule has 2 aliphatic carbocycles. The number of fused-ring (bicyclic) bond motifs is 2. The van der Waals surface area contributed by atoms with Crippen molar-refractivity contribution in [2.24, 2.45) is 17.8 Å². The first-order valence-corrected chi connectivity index (χ1v) is 8.01. The lowest BCUT2D eigenvalue weighted by atomic mass is 9.85. The second-order valence-electron chi connectivity index (χ2n) is 6.42. The molecule has 1 nitrogen and oxygen atoms in total. The number of aliphatic hydroxyl groups is 1. The zero-order chi connectivity index (χ0) is 11.9. The summed E-state index contributed by atoms with van der Waals surface area (Å²) in [5, 5.41) is 8.68. The Balaban J connectivity index is 1.39. The maximum atomic E-state index is 8.68. The van der Waals surface area contributed by atoms with Gasteiger partial charge in [-0.25, -0.2) is 0 Å². The SMILES string of the molecule is OCCCCCCCCCC1CC2CCC1C2. The Morgan fingerprint density at radius 2 is 1.47 bits per heavy atom. The lowest BCUT2D eigenvalue weighted by molar-refractivity contribution is 0.282. The van der Waals surface area contributed by atoms with Crippen LogP contribution in [0.4, 0.5) is 0 Å². The van der Waals surface area contributed by atoms with E-state index < -0.39 is 0 Å². The first kappa shape index (κ1) is 13.4. The number of unbranched alkanes of at least 4 members (excludes halogenated alkanes) is 6. The molecule has 1 heteroatoms. The molecule has 0 aromatic carbocycles. The predicted molar refractivity (Wildman–Crippen MR) is 73.0 cm³/mol. The van der Waals surface area contributed by atoms with Gasteiger partial charge in [-0.1, -0.05) is 51.4 Å². The zero-order valence-electron chi connectivity index (χ0n) is 11.4. The summed E-state index contributed by atoms with van der Waals surface area (Å²) >= 11 is 0. The van der Waals surface area contributed by atoms with Crippen LogP contribution >= 0.6 is 0 Å². The van der Waals surface area contributed by atoms with Crippen LogP contribution in [0.5, 0.6) is 0 Å². The van der Waals surface area contributed by atoms with Crippen LogP contribution in [0.25, 0.3) is 0 Å². The van der Waals surface area contributed by atoms with E-state index in [1.54, 1.807) is 25.7 Å². The Bertz CT molecular complexity index is 202. The van der Waals surface area contributed by atoms with E-state index in [0.29, 0.717) is 6.61 Å². The molecule has 0 heterocycles. The first-order chi connectivity index (χ1) is 8.40. The molecule has 0 amide bonds. The summed E-state index contributed by atoms with van der Waals surface area (Å²) in [5.74, 6) is 3.37. The molecule has 0 aromatic heterocycles. The van der Waals surface area contributed by atoms with Gasteiger partial charge in [0.15, 0.2) is 0 Å². The van der Waals surface area contributed by atoms with E-state index in [-0.39, 0.29) is 0 Å². The molecule has 3 atom stereocenters. The second kappa shape index (κ2) is 7.41. The molecular weight excluding hydrogens is 208 g/mol. The molecule has 0 radical (unpaired) electrons. The van der Waals surface area contributed by atoms with Crippen LogP contribution in [0.2, 0.25) is 0 Å². The molecule has 2 bridgehead atoms. The molecular formula is C16H30O. The first-order valence-electron chi connectivity index (χ1n) is 8.01. The number of rotatable bonds is 9. The fraction of sp³-hybridized carbons (Fsp3) is 1.00. The van der Waals surface area contributed by atoms with Crippen LogP contribution < -0.4 is 0 Å². The van der Waals surface area contributed by atoms with E-state index in [1.807, 2.05) is 0 Å². The Hall–Kier alpha value is -0.0400. The fourth-order valence-electron chi connectivity index (χ4n) is 4.13. The highest BCUT2D eigenvalue weighted by Crippen LogP contribution is 2.49. The fourth-order valence-corrected chi connectivity index (χ4v) is 4.13. The molecule has 2 rings (SSSR count). The van der Waals surface area contributed by atoms with Gasteiger partial charge in [-0.3, -0.25) is 0 Å². The summed E-state index contributed by atoms with van der Waals surface area (Å²) in [6, 6.07) is 0. The largest absolute Gasteiger partial charge is 0.396 e. The Kier molecular flexibility index (Phi) is 5.84. The molecule has 1 N–H and O–H groups in total. The van der Waals surface area contributed by atoms with Crippen LogP contribution in [0.3, 0.4) is 0 Å². The normalized spacial score (nSPS) is 31.2. The number of aliphatic hydroxyl groups excluding tert-OH is 1. The number of hydrogen-bond donors (Lipinski definition) is 1. The molecule has 0 aromatic rings. The summed E-state index contributed by atoms with van der Waals surface area (Å²) in [6.45, 7) is 0.379. The average Bonchev–Trinajstić information content (AvgIpc) is 2.94. The highest BCUT2D eigenvalue weighted by Gasteiger charge is 2.38. The summed E-state index contributed by atoms with van der Waals surface area (Å²) in [7, 11) is 0. The van der Waals surface area contributed by atoms with Crippen molar-refractivity contribution in [3.05, 3.63) is 0 Å². The van der Waals surface area contributed by atoms with Gasteiger partial charge in [-0.2, -0.15) is 0 Å². The van der Waals surface area contributed by atoms with E-state index in [9.17, 15) is 0 Å². The maximum absolute atomic E-state index is 8.68. The van der Waals surface area contributed by atoms with Gasteiger partial charge in [0.1, 0.15) is 0 Å². The third kappa shape index (κ3) is 4.28. The molecule has 3 unspecified atom stereocenters. The Morgan fingerprint density at radius 3 is 2.06 bits per heavy atom. The second-order valence-corrected chi connectivity index (χ2v) is 6.42. The predicted octanol–water partition coefficient (Wildman–Crippen LogP) is 4.54. The van der Waals surface area contributed by atoms with Gasteiger partial charge >= 0.3 is 0 Å². The zero-order valence-corrected chi connectivity index (χ0v) is 11.4. The third-order valence-electron chi connectivity index (χ3n) is 5.12.